The van der Waals surface area contributed by atoms with Crippen LogP contribution in [0.4, 0.5) is 0 Å². The average Bonchev–Trinajstić information content (AvgIpc) is 2.98. The van der Waals surface area contributed by atoms with E-state index in [0.717, 1.165) is 43.3 Å². The molecule has 2 rings (SSSR count). The lowest BCUT2D eigenvalue weighted by Gasteiger charge is -2.11. The summed E-state index contributed by atoms with van der Waals surface area (Å²) < 4.78 is 5.62. The maximum atomic E-state index is 5.62. The summed E-state index contributed by atoms with van der Waals surface area (Å²) in [7, 11) is 0. The van der Waals surface area contributed by atoms with Gasteiger partial charge in [0.1, 0.15) is 0 Å². The highest BCUT2D eigenvalue weighted by atomic mass is 127. The number of hydrogen-bond acceptors (Lipinski definition) is 2. The van der Waals surface area contributed by atoms with Gasteiger partial charge in [-0.15, -0.1) is 24.0 Å². The Bertz CT molecular complexity index is 606. The number of rotatable bonds is 9. The SMILES string of the molecule is CCNC(=NCc1cc2ccccc2[nH]1)NCCOCCC(C)C.I. The molecule has 0 aliphatic carbocycles. The third-order valence-electron chi connectivity index (χ3n) is 3.72. The molecule has 0 aliphatic rings. The van der Waals surface area contributed by atoms with E-state index in [1.807, 2.05) is 12.1 Å². The minimum absolute atomic E-state index is 0. The number of aromatic nitrogens is 1. The van der Waals surface area contributed by atoms with E-state index in [-0.39, 0.29) is 24.0 Å². The maximum absolute atomic E-state index is 5.62. The Morgan fingerprint density at radius 3 is 2.72 bits per heavy atom. The summed E-state index contributed by atoms with van der Waals surface area (Å²) in [4.78, 5) is 8.03. The molecule has 25 heavy (non-hydrogen) atoms. The second kappa shape index (κ2) is 12.1. The van der Waals surface area contributed by atoms with Crippen LogP contribution in [0.5, 0.6) is 0 Å². The van der Waals surface area contributed by atoms with Crippen LogP contribution >= 0.6 is 24.0 Å². The van der Waals surface area contributed by atoms with Gasteiger partial charge in [0.05, 0.1) is 13.2 Å². The smallest absolute Gasteiger partial charge is 0.191 e. The highest BCUT2D eigenvalue weighted by molar-refractivity contribution is 14.0. The Labute approximate surface area is 168 Å². The number of para-hydroxylation sites is 1. The van der Waals surface area contributed by atoms with Gasteiger partial charge in [-0.2, -0.15) is 0 Å². The van der Waals surface area contributed by atoms with Crippen LogP contribution in [0.1, 0.15) is 32.9 Å². The topological polar surface area (TPSA) is 61.4 Å². The number of hydrogen-bond donors (Lipinski definition) is 3. The van der Waals surface area contributed by atoms with Crippen molar-refractivity contribution in [1.82, 2.24) is 15.6 Å². The van der Waals surface area contributed by atoms with Gasteiger partial charge in [-0.1, -0.05) is 32.0 Å². The minimum atomic E-state index is 0. The van der Waals surface area contributed by atoms with Crippen molar-refractivity contribution in [1.29, 1.82) is 0 Å². The zero-order valence-corrected chi connectivity index (χ0v) is 17.8. The van der Waals surface area contributed by atoms with E-state index >= 15 is 0 Å². The van der Waals surface area contributed by atoms with Crippen LogP contribution in [0.3, 0.4) is 0 Å². The Kier molecular flexibility index (Phi) is 10.6. The van der Waals surface area contributed by atoms with E-state index in [1.165, 1.54) is 5.39 Å². The summed E-state index contributed by atoms with van der Waals surface area (Å²) in [5.41, 5.74) is 2.26. The monoisotopic (exact) mass is 458 g/mol. The van der Waals surface area contributed by atoms with Gasteiger partial charge in [0, 0.05) is 30.9 Å². The highest BCUT2D eigenvalue weighted by Crippen LogP contribution is 2.14. The lowest BCUT2D eigenvalue weighted by atomic mass is 10.1. The van der Waals surface area contributed by atoms with E-state index in [2.05, 4.69) is 59.6 Å². The fraction of sp³-hybridized carbons (Fsp3) is 0.526. The first-order valence-electron chi connectivity index (χ1n) is 8.85. The number of aliphatic imine (C=N–C) groups is 1. The quantitative estimate of drug-likeness (QED) is 0.231. The van der Waals surface area contributed by atoms with Crippen molar-refractivity contribution in [3.63, 3.8) is 0 Å². The van der Waals surface area contributed by atoms with Crippen LogP contribution < -0.4 is 10.6 Å². The van der Waals surface area contributed by atoms with Crippen molar-refractivity contribution in [3.05, 3.63) is 36.0 Å². The second-order valence-corrected chi connectivity index (χ2v) is 6.30. The lowest BCUT2D eigenvalue weighted by Crippen LogP contribution is -2.39. The molecular formula is C19H31IN4O. The number of halogens is 1. The predicted molar refractivity (Wildman–Crippen MR) is 117 cm³/mol. The van der Waals surface area contributed by atoms with E-state index in [1.54, 1.807) is 0 Å². The molecule has 0 saturated carbocycles. The molecule has 5 nitrogen and oxygen atoms in total. The molecule has 0 radical (unpaired) electrons. The number of aromatic amines is 1. The predicted octanol–water partition coefficient (Wildman–Crippen LogP) is 3.90. The minimum Gasteiger partial charge on any atom is -0.380 e. The van der Waals surface area contributed by atoms with Crippen molar-refractivity contribution in [2.45, 2.75) is 33.7 Å². The molecule has 0 atom stereocenters. The van der Waals surface area contributed by atoms with Crippen LogP contribution in [-0.4, -0.2) is 37.2 Å². The Morgan fingerprint density at radius 2 is 2.00 bits per heavy atom. The number of ether oxygens (including phenoxy) is 1. The summed E-state index contributed by atoms with van der Waals surface area (Å²) in [5.74, 6) is 1.51. The van der Waals surface area contributed by atoms with Crippen LogP contribution in [0, 0.1) is 5.92 Å². The molecule has 0 aliphatic heterocycles. The van der Waals surface area contributed by atoms with Crippen molar-refractivity contribution in [3.8, 4) is 0 Å². The molecule has 2 aromatic rings. The molecule has 0 spiro atoms. The zero-order chi connectivity index (χ0) is 17.2. The van der Waals surface area contributed by atoms with Gasteiger partial charge in [-0.3, -0.25) is 0 Å². The molecule has 140 valence electrons. The summed E-state index contributed by atoms with van der Waals surface area (Å²) in [5, 5.41) is 7.80. The number of guanidine groups is 1. The fourth-order valence-corrected chi connectivity index (χ4v) is 2.39. The normalized spacial score (nSPS) is 11.6. The third-order valence-corrected chi connectivity index (χ3v) is 3.72. The first-order chi connectivity index (χ1) is 11.7. The third kappa shape index (κ3) is 8.09. The van der Waals surface area contributed by atoms with Gasteiger partial charge in [0.15, 0.2) is 5.96 Å². The standard InChI is InChI=1S/C19H30N4O.HI/c1-4-20-19(21-10-12-24-11-9-15(2)3)22-14-17-13-16-7-5-6-8-18(16)23-17;/h5-8,13,15,23H,4,9-12,14H2,1-3H3,(H2,20,21,22);1H. The number of H-pyrrole nitrogens is 1. The highest BCUT2D eigenvalue weighted by Gasteiger charge is 2.01. The molecule has 0 bridgehead atoms. The number of nitrogens with one attached hydrogen (secondary N) is 3. The lowest BCUT2D eigenvalue weighted by molar-refractivity contribution is 0.128. The van der Waals surface area contributed by atoms with Crippen molar-refractivity contribution in [2.75, 3.05) is 26.3 Å². The molecule has 0 amide bonds. The van der Waals surface area contributed by atoms with E-state index in [0.29, 0.717) is 19.1 Å². The molecule has 1 heterocycles. The summed E-state index contributed by atoms with van der Waals surface area (Å²) in [6, 6.07) is 10.4. The van der Waals surface area contributed by atoms with Crippen molar-refractivity contribution in [2.24, 2.45) is 10.9 Å². The first kappa shape index (κ1) is 21.8. The van der Waals surface area contributed by atoms with Crippen LogP contribution in [-0.2, 0) is 11.3 Å². The Hall–Kier alpha value is -1.28. The molecule has 1 aromatic heterocycles. The van der Waals surface area contributed by atoms with E-state index in [9.17, 15) is 0 Å². The van der Waals surface area contributed by atoms with Gasteiger partial charge >= 0.3 is 0 Å². The Balaban J connectivity index is 0.00000312. The van der Waals surface area contributed by atoms with E-state index in [4.69, 9.17) is 4.74 Å². The molecule has 3 N–H and O–H groups in total. The average molecular weight is 458 g/mol. The summed E-state index contributed by atoms with van der Waals surface area (Å²) in [6.07, 6.45) is 1.11. The number of nitrogens with zero attached hydrogens (tertiary/aromatic N) is 1. The first-order valence-corrected chi connectivity index (χ1v) is 8.85. The van der Waals surface area contributed by atoms with E-state index < -0.39 is 0 Å². The number of fused-ring (bicyclic) bond motifs is 1. The van der Waals surface area contributed by atoms with Crippen molar-refractivity contribution >= 4 is 40.8 Å². The molecular weight excluding hydrogens is 427 g/mol. The molecule has 0 fully saturated rings. The van der Waals surface area contributed by atoms with Crippen LogP contribution in [0.25, 0.3) is 10.9 Å². The van der Waals surface area contributed by atoms with Crippen molar-refractivity contribution < 1.29 is 4.74 Å². The number of benzene rings is 1. The molecule has 1 aromatic carbocycles. The molecule has 6 heteroatoms. The van der Waals surface area contributed by atoms with Crippen LogP contribution in [0.15, 0.2) is 35.3 Å². The second-order valence-electron chi connectivity index (χ2n) is 6.30. The Morgan fingerprint density at radius 1 is 1.20 bits per heavy atom. The fourth-order valence-electron chi connectivity index (χ4n) is 2.39. The van der Waals surface area contributed by atoms with Gasteiger partial charge < -0.3 is 20.4 Å². The molecule has 0 unspecified atom stereocenters. The van der Waals surface area contributed by atoms with Gasteiger partial charge in [0.25, 0.3) is 0 Å². The maximum Gasteiger partial charge on any atom is 0.191 e. The summed E-state index contributed by atoms with van der Waals surface area (Å²) >= 11 is 0. The summed E-state index contributed by atoms with van der Waals surface area (Å²) in [6.45, 7) is 10.2. The molecule has 0 saturated heterocycles. The largest absolute Gasteiger partial charge is 0.380 e. The zero-order valence-electron chi connectivity index (χ0n) is 15.5. The van der Waals surface area contributed by atoms with Crippen LogP contribution in [0.2, 0.25) is 0 Å². The van der Waals surface area contributed by atoms with Gasteiger partial charge in [-0.25, -0.2) is 4.99 Å². The van der Waals surface area contributed by atoms with Gasteiger partial charge in [0.2, 0.25) is 0 Å². The van der Waals surface area contributed by atoms with Gasteiger partial charge in [-0.05, 0) is 36.8 Å².